The highest BCUT2D eigenvalue weighted by Crippen LogP contribution is 2.31. The number of aryl methyl sites for hydroxylation is 1. The van der Waals surface area contributed by atoms with Crippen LogP contribution >= 0.6 is 11.6 Å². The second kappa shape index (κ2) is 5.66. The van der Waals surface area contributed by atoms with Crippen LogP contribution in [0, 0.1) is 10.1 Å². The maximum atomic E-state index is 10.9. The Morgan fingerprint density at radius 3 is 2.95 bits per heavy atom. The van der Waals surface area contributed by atoms with E-state index < -0.39 is 4.92 Å². The summed E-state index contributed by atoms with van der Waals surface area (Å²) in [5.74, 6) is 0.794. The van der Waals surface area contributed by atoms with Gasteiger partial charge in [0, 0.05) is 26.1 Å². The highest BCUT2D eigenvalue weighted by atomic mass is 35.5. The summed E-state index contributed by atoms with van der Waals surface area (Å²) in [5.41, 5.74) is 0.293. The first-order valence-electron chi connectivity index (χ1n) is 5.59. The fourth-order valence-corrected chi connectivity index (χ4v) is 1.91. The van der Waals surface area contributed by atoms with Crippen LogP contribution in [0.1, 0.15) is 5.82 Å². The molecule has 0 aliphatic carbocycles. The van der Waals surface area contributed by atoms with E-state index >= 15 is 0 Å². The zero-order chi connectivity index (χ0) is 13.8. The molecule has 2 aromatic rings. The van der Waals surface area contributed by atoms with Gasteiger partial charge in [-0.1, -0.05) is 17.7 Å². The number of nitrogens with one attached hydrogen (secondary N) is 1. The molecule has 0 saturated carbocycles. The minimum Gasteiger partial charge on any atom is -0.378 e. The predicted octanol–water partition coefficient (Wildman–Crippen LogP) is 2.03. The van der Waals surface area contributed by atoms with E-state index in [1.54, 1.807) is 23.0 Å². The van der Waals surface area contributed by atoms with E-state index in [4.69, 9.17) is 11.6 Å². The number of hydrogen-bond acceptors (Lipinski definition) is 5. The highest BCUT2D eigenvalue weighted by molar-refractivity contribution is 6.33. The molecule has 1 aromatic carbocycles. The highest BCUT2D eigenvalue weighted by Gasteiger charge is 2.16. The molecule has 0 saturated heterocycles. The molecule has 1 heterocycles. The van der Waals surface area contributed by atoms with Gasteiger partial charge in [-0.3, -0.25) is 10.1 Å². The van der Waals surface area contributed by atoms with E-state index in [1.165, 1.54) is 6.07 Å². The standard InChI is InChI=1S/C11H12ClN5O2/c1-16-7-14-15-10(16)5-6-13-11-8(12)3-2-4-9(11)17(18)19/h2-4,7,13H,5-6H2,1H3. The zero-order valence-corrected chi connectivity index (χ0v) is 11.0. The zero-order valence-electron chi connectivity index (χ0n) is 10.2. The average Bonchev–Trinajstić information content (AvgIpc) is 2.77. The molecule has 0 aliphatic heterocycles. The van der Waals surface area contributed by atoms with Gasteiger partial charge in [-0.2, -0.15) is 0 Å². The van der Waals surface area contributed by atoms with E-state index in [2.05, 4.69) is 15.5 Å². The number of anilines is 1. The lowest BCUT2D eigenvalue weighted by Gasteiger charge is -2.08. The number of nitro benzene ring substituents is 1. The molecule has 0 bridgehead atoms. The quantitative estimate of drug-likeness (QED) is 0.669. The van der Waals surface area contributed by atoms with Gasteiger partial charge in [-0.05, 0) is 6.07 Å². The van der Waals surface area contributed by atoms with E-state index in [-0.39, 0.29) is 5.69 Å². The van der Waals surface area contributed by atoms with Crippen LogP contribution in [-0.2, 0) is 13.5 Å². The van der Waals surface area contributed by atoms with Gasteiger partial charge in [-0.15, -0.1) is 10.2 Å². The van der Waals surface area contributed by atoms with Crippen molar-refractivity contribution < 1.29 is 4.92 Å². The minimum absolute atomic E-state index is 0.0366. The summed E-state index contributed by atoms with van der Waals surface area (Å²) in [7, 11) is 1.84. The van der Waals surface area contributed by atoms with Crippen LogP contribution in [0.4, 0.5) is 11.4 Å². The smallest absolute Gasteiger partial charge is 0.293 e. The largest absolute Gasteiger partial charge is 0.378 e. The molecule has 0 atom stereocenters. The Balaban J connectivity index is 2.07. The molecule has 0 spiro atoms. The van der Waals surface area contributed by atoms with Crippen molar-refractivity contribution >= 4 is 23.0 Å². The van der Waals surface area contributed by atoms with Gasteiger partial charge in [0.2, 0.25) is 0 Å². The third-order valence-corrected chi connectivity index (χ3v) is 2.96. The van der Waals surface area contributed by atoms with E-state index in [0.29, 0.717) is 23.7 Å². The number of hydrogen-bond donors (Lipinski definition) is 1. The van der Waals surface area contributed by atoms with Gasteiger partial charge < -0.3 is 9.88 Å². The summed E-state index contributed by atoms with van der Waals surface area (Å²) in [5, 5.41) is 21.9. The van der Waals surface area contributed by atoms with E-state index in [0.717, 1.165) is 5.82 Å². The molecule has 1 aromatic heterocycles. The Bertz CT molecular complexity index is 599. The molecular weight excluding hydrogens is 270 g/mol. The number of halogens is 1. The van der Waals surface area contributed by atoms with Crippen molar-refractivity contribution in [2.45, 2.75) is 6.42 Å². The lowest BCUT2D eigenvalue weighted by atomic mass is 10.2. The lowest BCUT2D eigenvalue weighted by Crippen LogP contribution is -2.10. The Hall–Kier alpha value is -2.15. The van der Waals surface area contributed by atoms with Crippen molar-refractivity contribution in [3.8, 4) is 0 Å². The molecule has 0 amide bonds. The van der Waals surface area contributed by atoms with Gasteiger partial charge in [0.15, 0.2) is 0 Å². The molecule has 0 unspecified atom stereocenters. The Morgan fingerprint density at radius 1 is 1.53 bits per heavy atom. The maximum Gasteiger partial charge on any atom is 0.293 e. The fraction of sp³-hybridized carbons (Fsp3) is 0.273. The number of para-hydroxylation sites is 1. The molecule has 0 aliphatic rings. The van der Waals surface area contributed by atoms with Crippen LogP contribution in [0.25, 0.3) is 0 Å². The van der Waals surface area contributed by atoms with Crippen molar-refractivity contribution in [1.29, 1.82) is 0 Å². The van der Waals surface area contributed by atoms with Gasteiger partial charge in [-0.25, -0.2) is 0 Å². The summed E-state index contributed by atoms with van der Waals surface area (Å²) < 4.78 is 1.79. The normalized spacial score (nSPS) is 10.4. The summed E-state index contributed by atoms with van der Waals surface area (Å²) in [6.07, 6.45) is 2.20. The number of aromatic nitrogens is 3. The van der Waals surface area contributed by atoms with Gasteiger partial charge >= 0.3 is 0 Å². The van der Waals surface area contributed by atoms with Crippen LogP contribution in [0.3, 0.4) is 0 Å². The first-order chi connectivity index (χ1) is 9.09. The van der Waals surface area contributed by atoms with Gasteiger partial charge in [0.05, 0.1) is 9.95 Å². The van der Waals surface area contributed by atoms with Crippen LogP contribution in [0.2, 0.25) is 5.02 Å². The second-order valence-corrected chi connectivity index (χ2v) is 4.33. The number of nitro groups is 1. The molecule has 7 nitrogen and oxygen atoms in total. The maximum absolute atomic E-state index is 10.9. The molecule has 0 radical (unpaired) electrons. The fourth-order valence-electron chi connectivity index (χ4n) is 1.67. The van der Waals surface area contributed by atoms with E-state index in [9.17, 15) is 10.1 Å². The van der Waals surface area contributed by atoms with Crippen LogP contribution in [0.5, 0.6) is 0 Å². The first kappa shape index (κ1) is 13.3. The minimum atomic E-state index is -0.462. The number of rotatable bonds is 5. The second-order valence-electron chi connectivity index (χ2n) is 3.93. The Kier molecular flexibility index (Phi) is 3.96. The SMILES string of the molecule is Cn1cnnc1CCNc1c(Cl)cccc1[N+](=O)[O-]. The predicted molar refractivity (Wildman–Crippen MR) is 71.3 cm³/mol. The number of benzene rings is 1. The van der Waals surface area contributed by atoms with Crippen LogP contribution in [-0.4, -0.2) is 26.2 Å². The molecule has 8 heteroatoms. The van der Waals surface area contributed by atoms with Crippen LogP contribution < -0.4 is 5.32 Å². The lowest BCUT2D eigenvalue weighted by molar-refractivity contribution is -0.383. The Labute approximate surface area is 114 Å². The van der Waals surface area contributed by atoms with Gasteiger partial charge in [0.1, 0.15) is 17.8 Å². The molecule has 2 rings (SSSR count). The van der Waals surface area contributed by atoms with Crippen molar-refractivity contribution in [2.24, 2.45) is 7.05 Å². The third-order valence-electron chi connectivity index (χ3n) is 2.64. The molecule has 1 N–H and O–H groups in total. The van der Waals surface area contributed by atoms with Gasteiger partial charge in [0.25, 0.3) is 5.69 Å². The third kappa shape index (κ3) is 3.00. The summed E-state index contributed by atoms with van der Waals surface area (Å²) in [4.78, 5) is 10.4. The molecular formula is C11H12ClN5O2. The van der Waals surface area contributed by atoms with Crippen LogP contribution in [0.15, 0.2) is 24.5 Å². The molecule has 100 valence electrons. The number of nitrogens with zero attached hydrogens (tertiary/aromatic N) is 4. The van der Waals surface area contributed by atoms with E-state index in [1.807, 2.05) is 7.05 Å². The van der Waals surface area contributed by atoms with Crippen molar-refractivity contribution in [1.82, 2.24) is 14.8 Å². The first-order valence-corrected chi connectivity index (χ1v) is 5.97. The van der Waals surface area contributed by atoms with Crippen molar-refractivity contribution in [3.63, 3.8) is 0 Å². The summed E-state index contributed by atoms with van der Waals surface area (Å²) in [6.45, 7) is 0.483. The van der Waals surface area contributed by atoms with Crippen molar-refractivity contribution in [3.05, 3.63) is 45.5 Å². The average molecular weight is 282 g/mol. The summed E-state index contributed by atoms with van der Waals surface area (Å²) in [6, 6.07) is 4.57. The van der Waals surface area contributed by atoms with Crippen molar-refractivity contribution in [2.75, 3.05) is 11.9 Å². The molecule has 19 heavy (non-hydrogen) atoms. The summed E-state index contributed by atoms with van der Waals surface area (Å²) >= 11 is 5.97. The monoisotopic (exact) mass is 281 g/mol. The molecule has 0 fully saturated rings. The Morgan fingerprint density at radius 2 is 2.32 bits per heavy atom. The topological polar surface area (TPSA) is 85.9 Å².